The second-order valence-corrected chi connectivity index (χ2v) is 6.09. The Kier molecular flexibility index (Phi) is 3.90. The van der Waals surface area contributed by atoms with Crippen LogP contribution in [0.1, 0.15) is 10.4 Å². The van der Waals surface area contributed by atoms with Crippen molar-refractivity contribution in [2.24, 2.45) is 4.99 Å². The van der Waals surface area contributed by atoms with Crippen LogP contribution in [0.2, 0.25) is 0 Å². The second-order valence-electron chi connectivity index (χ2n) is 4.23. The van der Waals surface area contributed by atoms with Crippen LogP contribution in [0.4, 0.5) is 0 Å². The number of benzene rings is 1. The summed E-state index contributed by atoms with van der Waals surface area (Å²) >= 11 is 4.90. The standard InChI is InChI=1S/C15H10BrNO3S/c1-19-11-4-2-9(3-5-11)14-17-13(15(18)20-14)7-12-6-10(16)8-21-12/h2-8H,1H3/b13-7-. The summed E-state index contributed by atoms with van der Waals surface area (Å²) in [5.74, 6) is 0.609. The lowest BCUT2D eigenvalue weighted by atomic mass is 10.2. The molecule has 21 heavy (non-hydrogen) atoms. The maximum absolute atomic E-state index is 11.9. The maximum Gasteiger partial charge on any atom is 0.363 e. The molecule has 2 aromatic rings. The molecule has 4 nitrogen and oxygen atoms in total. The van der Waals surface area contributed by atoms with Gasteiger partial charge in [0.25, 0.3) is 0 Å². The minimum Gasteiger partial charge on any atom is -0.497 e. The fourth-order valence-corrected chi connectivity index (χ4v) is 3.17. The van der Waals surface area contributed by atoms with Crippen LogP contribution < -0.4 is 4.74 Å². The first-order valence-corrected chi connectivity index (χ1v) is 7.74. The van der Waals surface area contributed by atoms with Crippen molar-refractivity contribution in [2.45, 2.75) is 0 Å². The van der Waals surface area contributed by atoms with Crippen molar-refractivity contribution in [3.05, 3.63) is 56.3 Å². The third-order valence-corrected chi connectivity index (χ3v) is 4.46. The van der Waals surface area contributed by atoms with E-state index in [0.717, 1.165) is 20.7 Å². The third kappa shape index (κ3) is 3.06. The molecule has 1 aromatic heterocycles. The molecular weight excluding hydrogens is 354 g/mol. The summed E-state index contributed by atoms with van der Waals surface area (Å²) in [6.07, 6.45) is 1.72. The number of nitrogens with zero attached hydrogens (tertiary/aromatic N) is 1. The molecule has 2 heterocycles. The summed E-state index contributed by atoms with van der Waals surface area (Å²) in [4.78, 5) is 17.0. The van der Waals surface area contributed by atoms with Crippen molar-refractivity contribution in [2.75, 3.05) is 7.11 Å². The topological polar surface area (TPSA) is 47.9 Å². The molecule has 1 aliphatic heterocycles. The number of rotatable bonds is 3. The molecule has 0 aliphatic carbocycles. The van der Waals surface area contributed by atoms with E-state index in [1.165, 1.54) is 11.3 Å². The van der Waals surface area contributed by atoms with Gasteiger partial charge >= 0.3 is 5.97 Å². The molecule has 0 atom stereocenters. The quantitative estimate of drug-likeness (QED) is 0.614. The number of cyclic esters (lactones) is 1. The van der Waals surface area contributed by atoms with E-state index >= 15 is 0 Å². The summed E-state index contributed by atoms with van der Waals surface area (Å²) in [6.45, 7) is 0. The summed E-state index contributed by atoms with van der Waals surface area (Å²) in [5.41, 5.74) is 1.04. The van der Waals surface area contributed by atoms with Crippen molar-refractivity contribution in [3.8, 4) is 5.75 Å². The highest BCUT2D eigenvalue weighted by Gasteiger charge is 2.24. The van der Waals surface area contributed by atoms with Crippen LogP contribution >= 0.6 is 27.3 Å². The highest BCUT2D eigenvalue weighted by Crippen LogP contribution is 2.25. The number of halogens is 1. The lowest BCUT2D eigenvalue weighted by Gasteiger charge is -2.01. The Labute approximate surface area is 133 Å². The number of methoxy groups -OCH3 is 1. The first-order chi connectivity index (χ1) is 10.2. The van der Waals surface area contributed by atoms with Crippen molar-refractivity contribution in [3.63, 3.8) is 0 Å². The number of carbonyl (C=O) groups excluding carboxylic acids is 1. The number of esters is 1. The van der Waals surface area contributed by atoms with E-state index in [2.05, 4.69) is 20.9 Å². The Balaban J connectivity index is 1.89. The fourth-order valence-electron chi connectivity index (χ4n) is 1.80. The number of hydrogen-bond donors (Lipinski definition) is 0. The molecule has 0 amide bonds. The Bertz CT molecular complexity index is 747. The SMILES string of the molecule is COc1ccc(C2=N/C(=C\c3cc(Br)cs3)C(=O)O2)cc1. The predicted molar refractivity (Wildman–Crippen MR) is 85.6 cm³/mol. The van der Waals surface area contributed by atoms with E-state index in [4.69, 9.17) is 9.47 Å². The Morgan fingerprint density at radius 2 is 2.10 bits per heavy atom. The van der Waals surface area contributed by atoms with Crippen molar-refractivity contribution in [1.82, 2.24) is 0 Å². The molecule has 0 N–H and O–H groups in total. The highest BCUT2D eigenvalue weighted by molar-refractivity contribution is 9.10. The lowest BCUT2D eigenvalue weighted by Crippen LogP contribution is -2.05. The Morgan fingerprint density at radius 1 is 1.33 bits per heavy atom. The molecular formula is C15H10BrNO3S. The van der Waals surface area contributed by atoms with E-state index in [9.17, 15) is 4.79 Å². The second kappa shape index (κ2) is 5.83. The smallest absolute Gasteiger partial charge is 0.363 e. The Morgan fingerprint density at radius 3 is 2.71 bits per heavy atom. The van der Waals surface area contributed by atoms with Crippen LogP contribution in [0.25, 0.3) is 6.08 Å². The first-order valence-electron chi connectivity index (χ1n) is 6.07. The third-order valence-electron chi connectivity index (χ3n) is 2.82. The summed E-state index contributed by atoms with van der Waals surface area (Å²) in [6, 6.07) is 9.12. The molecule has 0 saturated heterocycles. The monoisotopic (exact) mass is 363 g/mol. The van der Waals surface area contributed by atoms with E-state index < -0.39 is 5.97 Å². The van der Waals surface area contributed by atoms with Crippen LogP contribution in [0, 0.1) is 0 Å². The zero-order valence-corrected chi connectivity index (χ0v) is 13.4. The van der Waals surface area contributed by atoms with Gasteiger partial charge in [-0.2, -0.15) is 0 Å². The molecule has 106 valence electrons. The van der Waals surface area contributed by atoms with Gasteiger partial charge in [0, 0.05) is 20.3 Å². The van der Waals surface area contributed by atoms with E-state index in [-0.39, 0.29) is 0 Å². The van der Waals surface area contributed by atoms with E-state index in [1.807, 2.05) is 11.4 Å². The van der Waals surface area contributed by atoms with E-state index in [0.29, 0.717) is 11.6 Å². The largest absolute Gasteiger partial charge is 0.497 e. The zero-order chi connectivity index (χ0) is 14.8. The summed E-state index contributed by atoms with van der Waals surface area (Å²) < 4.78 is 11.3. The lowest BCUT2D eigenvalue weighted by molar-refractivity contribution is -0.129. The number of carbonyl (C=O) groups is 1. The molecule has 0 unspecified atom stereocenters. The molecule has 0 spiro atoms. The number of thiophene rings is 1. The van der Waals surface area contributed by atoms with Gasteiger partial charge in [0.1, 0.15) is 5.75 Å². The highest BCUT2D eigenvalue weighted by atomic mass is 79.9. The summed E-state index contributed by atoms with van der Waals surface area (Å²) in [5, 5.41) is 1.95. The van der Waals surface area contributed by atoms with Crippen LogP contribution in [0.15, 0.2) is 50.9 Å². The van der Waals surface area contributed by atoms with Gasteiger partial charge in [-0.3, -0.25) is 0 Å². The number of ether oxygens (including phenoxy) is 2. The van der Waals surface area contributed by atoms with Crippen LogP contribution in [0.5, 0.6) is 5.75 Å². The van der Waals surface area contributed by atoms with Gasteiger partial charge in [-0.05, 0) is 52.3 Å². The molecule has 3 rings (SSSR count). The molecule has 0 bridgehead atoms. The minimum atomic E-state index is -0.439. The van der Waals surface area contributed by atoms with Crippen LogP contribution in [-0.2, 0) is 9.53 Å². The van der Waals surface area contributed by atoms with Gasteiger partial charge in [-0.15, -0.1) is 11.3 Å². The van der Waals surface area contributed by atoms with Gasteiger partial charge < -0.3 is 9.47 Å². The van der Waals surface area contributed by atoms with Crippen molar-refractivity contribution >= 4 is 45.2 Å². The van der Waals surface area contributed by atoms with Crippen LogP contribution in [-0.4, -0.2) is 19.0 Å². The average Bonchev–Trinajstić information content (AvgIpc) is 3.06. The molecule has 0 saturated carbocycles. The fraction of sp³-hybridized carbons (Fsp3) is 0.0667. The van der Waals surface area contributed by atoms with Crippen molar-refractivity contribution < 1.29 is 14.3 Å². The normalized spacial score (nSPS) is 16.0. The Hall–Kier alpha value is -1.92. The number of hydrogen-bond acceptors (Lipinski definition) is 5. The summed E-state index contributed by atoms with van der Waals surface area (Å²) in [7, 11) is 1.60. The van der Waals surface area contributed by atoms with Gasteiger partial charge in [0.05, 0.1) is 7.11 Å². The van der Waals surface area contributed by atoms with Gasteiger partial charge in [-0.1, -0.05) is 0 Å². The number of aliphatic imine (C=N–C) groups is 1. The van der Waals surface area contributed by atoms with E-state index in [1.54, 1.807) is 37.5 Å². The minimum absolute atomic E-state index is 0.301. The maximum atomic E-state index is 11.9. The molecule has 1 aliphatic rings. The molecule has 0 radical (unpaired) electrons. The van der Waals surface area contributed by atoms with Gasteiger partial charge in [-0.25, -0.2) is 9.79 Å². The molecule has 1 aromatic carbocycles. The first kappa shape index (κ1) is 14.0. The van der Waals surface area contributed by atoms with Crippen molar-refractivity contribution in [1.29, 1.82) is 0 Å². The molecule has 0 fully saturated rings. The zero-order valence-electron chi connectivity index (χ0n) is 11.0. The molecule has 6 heteroatoms. The average molecular weight is 364 g/mol. The van der Waals surface area contributed by atoms with Gasteiger partial charge in [0.15, 0.2) is 5.70 Å². The van der Waals surface area contributed by atoms with Crippen LogP contribution in [0.3, 0.4) is 0 Å². The predicted octanol–water partition coefficient (Wildman–Crippen LogP) is 3.86. The van der Waals surface area contributed by atoms with Gasteiger partial charge in [0.2, 0.25) is 5.90 Å².